The van der Waals surface area contributed by atoms with Crippen LogP contribution < -0.4 is 5.32 Å². The van der Waals surface area contributed by atoms with Crippen molar-refractivity contribution in [3.05, 3.63) is 0 Å². The maximum atomic E-state index is 13.0. The number of aliphatic hydroxyl groups excluding tert-OH is 11. The summed E-state index contributed by atoms with van der Waals surface area (Å²) in [4.78, 5) is 13.0. The molecule has 12 N–H and O–H groups in total. The van der Waals surface area contributed by atoms with Gasteiger partial charge in [-0.3, -0.25) is 4.79 Å². The van der Waals surface area contributed by atoms with Crippen LogP contribution in [0.2, 0.25) is 0 Å². The summed E-state index contributed by atoms with van der Waals surface area (Å²) in [7, 11) is 0. The minimum atomic E-state index is -1.97. The van der Waals surface area contributed by atoms with E-state index in [4.69, 9.17) is 28.4 Å². The van der Waals surface area contributed by atoms with Crippen LogP contribution in [-0.2, 0) is 33.2 Å². The number of amides is 1. The third-order valence-corrected chi connectivity index (χ3v) is 13.2. The average molecular weight is 956 g/mol. The van der Waals surface area contributed by atoms with Crippen LogP contribution in [0.3, 0.4) is 0 Å². The Bertz CT molecular complexity index is 1240. The summed E-state index contributed by atoms with van der Waals surface area (Å²) in [6.07, 6.45) is -1.55. The van der Waals surface area contributed by atoms with Crippen molar-refractivity contribution in [2.75, 3.05) is 26.4 Å². The lowest BCUT2D eigenvalue weighted by Crippen LogP contribution is -2.66. The van der Waals surface area contributed by atoms with Crippen molar-refractivity contribution in [3.63, 3.8) is 0 Å². The molecular weight excluding hydrogens is 867 g/mol. The fourth-order valence-corrected chi connectivity index (χ4v) is 8.90. The van der Waals surface area contributed by atoms with Gasteiger partial charge in [0.1, 0.15) is 73.2 Å². The van der Waals surface area contributed by atoms with Gasteiger partial charge in [0, 0.05) is 6.42 Å². The molecule has 3 aliphatic heterocycles. The zero-order valence-corrected chi connectivity index (χ0v) is 39.7. The number of ether oxygens (including phenoxy) is 6. The fraction of sp³-hybridized carbons (Fsp3) is 0.979. The van der Waals surface area contributed by atoms with Crippen molar-refractivity contribution in [1.82, 2.24) is 5.32 Å². The second-order valence-corrected chi connectivity index (χ2v) is 18.6. The lowest BCUT2D eigenvalue weighted by Gasteiger charge is -2.48. The number of hydrogen-bond donors (Lipinski definition) is 12. The summed E-state index contributed by atoms with van der Waals surface area (Å²) < 4.78 is 34.0. The third-order valence-electron chi connectivity index (χ3n) is 13.2. The van der Waals surface area contributed by atoms with Gasteiger partial charge in [0.05, 0.1) is 38.6 Å². The first-order valence-electron chi connectivity index (χ1n) is 25.3. The molecule has 3 rings (SSSR count). The van der Waals surface area contributed by atoms with E-state index in [1.165, 1.54) is 77.0 Å². The standard InChI is InChI=1S/C47H89NO18/c1-3-5-7-9-10-11-12-13-14-15-16-17-18-19-21-22-24-31(52)30(48-35(53)25-23-20-8-6-4-2)29-61-45-41(59)38(56)43(33(27-50)63-45)66-47-42(60)39(57)44(34(28-51)64-47)65-46-40(58)37(55)36(54)32(26-49)62-46/h30-34,36-47,49-52,54-60H,3-29H2,1-2H3,(H,48,53). The Kier molecular flexibility index (Phi) is 29.9. The minimum Gasteiger partial charge on any atom is -0.394 e. The van der Waals surface area contributed by atoms with Crippen LogP contribution in [0.4, 0.5) is 0 Å². The molecule has 0 radical (unpaired) electrons. The van der Waals surface area contributed by atoms with Crippen molar-refractivity contribution in [3.8, 4) is 0 Å². The summed E-state index contributed by atoms with van der Waals surface area (Å²) in [6.45, 7) is 1.66. The molecule has 0 spiro atoms. The molecule has 0 aromatic carbocycles. The second kappa shape index (κ2) is 33.4. The molecule has 3 saturated heterocycles. The van der Waals surface area contributed by atoms with E-state index in [-0.39, 0.29) is 18.9 Å². The number of carbonyl (C=O) groups is 1. The topological polar surface area (TPSA) is 307 Å². The summed E-state index contributed by atoms with van der Waals surface area (Å²) in [5.74, 6) is -0.256. The lowest BCUT2D eigenvalue weighted by atomic mass is 9.96. The molecule has 3 heterocycles. The number of carbonyl (C=O) groups excluding carboxylic acids is 1. The van der Waals surface area contributed by atoms with Gasteiger partial charge < -0.3 is 89.9 Å². The fourth-order valence-electron chi connectivity index (χ4n) is 8.90. The molecule has 0 saturated carbocycles. The molecular formula is C47H89NO18. The van der Waals surface area contributed by atoms with E-state index in [9.17, 15) is 61.0 Å². The zero-order valence-electron chi connectivity index (χ0n) is 39.7. The van der Waals surface area contributed by atoms with E-state index in [0.717, 1.165) is 51.4 Å². The first kappa shape index (κ1) is 59.1. The molecule has 3 fully saturated rings. The monoisotopic (exact) mass is 956 g/mol. The Morgan fingerprint density at radius 2 is 0.864 bits per heavy atom. The molecule has 0 aliphatic carbocycles. The molecule has 66 heavy (non-hydrogen) atoms. The van der Waals surface area contributed by atoms with Crippen LogP contribution in [0.25, 0.3) is 0 Å². The van der Waals surface area contributed by atoms with Crippen molar-refractivity contribution < 1.29 is 89.4 Å². The third kappa shape index (κ3) is 19.5. The van der Waals surface area contributed by atoms with Crippen LogP contribution in [0.5, 0.6) is 0 Å². The highest BCUT2D eigenvalue weighted by molar-refractivity contribution is 5.76. The van der Waals surface area contributed by atoms with Gasteiger partial charge in [-0.2, -0.15) is 0 Å². The van der Waals surface area contributed by atoms with Crippen LogP contribution in [0.15, 0.2) is 0 Å². The van der Waals surface area contributed by atoms with Crippen LogP contribution in [0, 0.1) is 0 Å². The van der Waals surface area contributed by atoms with Crippen LogP contribution >= 0.6 is 0 Å². The molecule has 0 bridgehead atoms. The number of nitrogens with one attached hydrogen (secondary N) is 1. The van der Waals surface area contributed by atoms with E-state index < -0.39 is 124 Å². The number of rotatable bonds is 35. The van der Waals surface area contributed by atoms with Crippen molar-refractivity contribution >= 4 is 5.91 Å². The second-order valence-electron chi connectivity index (χ2n) is 18.6. The highest BCUT2D eigenvalue weighted by atomic mass is 16.8. The van der Waals surface area contributed by atoms with Gasteiger partial charge in [-0.15, -0.1) is 0 Å². The molecule has 0 aromatic rings. The van der Waals surface area contributed by atoms with Crippen molar-refractivity contribution in [1.29, 1.82) is 0 Å². The predicted molar refractivity (Wildman–Crippen MR) is 240 cm³/mol. The molecule has 17 atom stereocenters. The smallest absolute Gasteiger partial charge is 0.220 e. The van der Waals surface area contributed by atoms with Crippen molar-refractivity contribution in [2.24, 2.45) is 0 Å². The minimum absolute atomic E-state index is 0.256. The lowest BCUT2D eigenvalue weighted by molar-refractivity contribution is -0.379. The summed E-state index contributed by atoms with van der Waals surface area (Å²) >= 11 is 0. The molecule has 390 valence electrons. The first-order valence-corrected chi connectivity index (χ1v) is 25.3. The SMILES string of the molecule is CCCCCCCCCCCCCCCCCCC(O)C(COC1OC(CO)C(OC2OC(CO)C(OC3OC(CO)C(O)C(O)C3O)C(O)C2O)C(O)C1O)NC(=O)CCCCCCC. The Morgan fingerprint density at radius 1 is 0.485 bits per heavy atom. The van der Waals surface area contributed by atoms with E-state index >= 15 is 0 Å². The average Bonchev–Trinajstić information content (AvgIpc) is 3.31. The van der Waals surface area contributed by atoms with Gasteiger partial charge in [0.25, 0.3) is 0 Å². The van der Waals surface area contributed by atoms with Gasteiger partial charge in [0.2, 0.25) is 5.91 Å². The maximum Gasteiger partial charge on any atom is 0.220 e. The Hall–Kier alpha value is -1.21. The predicted octanol–water partition coefficient (Wildman–Crippen LogP) is 1.31. The number of hydrogen-bond acceptors (Lipinski definition) is 18. The highest BCUT2D eigenvalue weighted by Crippen LogP contribution is 2.33. The summed E-state index contributed by atoms with van der Waals surface area (Å²) in [5, 5.41) is 119. The molecule has 19 heteroatoms. The van der Waals surface area contributed by atoms with Gasteiger partial charge in [0.15, 0.2) is 18.9 Å². The molecule has 3 aliphatic rings. The molecule has 19 nitrogen and oxygen atoms in total. The van der Waals surface area contributed by atoms with Gasteiger partial charge in [-0.1, -0.05) is 142 Å². The number of aliphatic hydroxyl groups is 11. The van der Waals surface area contributed by atoms with Gasteiger partial charge in [-0.25, -0.2) is 0 Å². The Labute approximate surface area is 392 Å². The first-order chi connectivity index (χ1) is 31.8. The quantitative estimate of drug-likeness (QED) is 0.0399. The van der Waals surface area contributed by atoms with Crippen LogP contribution in [-0.4, -0.2) is 193 Å². The van der Waals surface area contributed by atoms with E-state index in [0.29, 0.717) is 12.8 Å². The van der Waals surface area contributed by atoms with Gasteiger partial charge in [-0.05, 0) is 12.8 Å². The summed E-state index contributed by atoms with van der Waals surface area (Å²) in [6, 6.07) is -0.875. The zero-order chi connectivity index (χ0) is 48.4. The molecule has 17 unspecified atom stereocenters. The molecule has 1 amide bonds. The Balaban J connectivity index is 1.51. The number of unbranched alkanes of at least 4 members (excludes halogenated alkanes) is 19. The Morgan fingerprint density at radius 3 is 1.32 bits per heavy atom. The van der Waals surface area contributed by atoms with Gasteiger partial charge >= 0.3 is 0 Å². The van der Waals surface area contributed by atoms with E-state index in [1.807, 2.05) is 0 Å². The summed E-state index contributed by atoms with van der Waals surface area (Å²) in [5.41, 5.74) is 0. The van der Waals surface area contributed by atoms with Crippen molar-refractivity contribution in [2.45, 2.75) is 266 Å². The van der Waals surface area contributed by atoms with E-state index in [2.05, 4.69) is 19.2 Å². The van der Waals surface area contributed by atoms with Crippen LogP contribution in [0.1, 0.15) is 162 Å². The maximum absolute atomic E-state index is 13.0. The largest absolute Gasteiger partial charge is 0.394 e. The normalized spacial score (nSPS) is 33.7. The van der Waals surface area contributed by atoms with E-state index in [1.54, 1.807) is 0 Å². The molecule has 0 aromatic heterocycles. The highest BCUT2D eigenvalue weighted by Gasteiger charge is 2.53.